The second-order valence-electron chi connectivity index (χ2n) is 7.00. The first-order valence-corrected chi connectivity index (χ1v) is 11.5. The van der Waals surface area contributed by atoms with E-state index in [2.05, 4.69) is 9.97 Å². The van der Waals surface area contributed by atoms with E-state index < -0.39 is 9.84 Å². The van der Waals surface area contributed by atoms with Gasteiger partial charge in [-0.3, -0.25) is 0 Å². The molecule has 0 bridgehead atoms. The van der Waals surface area contributed by atoms with Gasteiger partial charge in [-0.25, -0.2) is 13.4 Å². The Bertz CT molecular complexity index is 1170. The molecule has 9 nitrogen and oxygen atoms in total. The van der Waals surface area contributed by atoms with Crippen LogP contribution in [0.3, 0.4) is 0 Å². The van der Waals surface area contributed by atoms with Crippen molar-refractivity contribution in [2.45, 2.75) is 11.3 Å². The maximum Gasteiger partial charge on any atom is 0.227 e. The van der Waals surface area contributed by atoms with Crippen LogP contribution in [0.15, 0.2) is 41.3 Å². The zero-order chi connectivity index (χ0) is 22.6. The highest BCUT2D eigenvalue weighted by Gasteiger charge is 2.14. The number of nitrogens with two attached hydrogens (primary N) is 1. The third-order valence-electron chi connectivity index (χ3n) is 4.72. The number of aromatic nitrogens is 2. The summed E-state index contributed by atoms with van der Waals surface area (Å²) in [6.45, 7) is 1.09. The molecule has 3 aromatic rings. The fourth-order valence-electron chi connectivity index (χ4n) is 3.01. The lowest BCUT2D eigenvalue weighted by atomic mass is 10.2. The second-order valence-corrected chi connectivity index (χ2v) is 9.02. The number of nitrogens with zero attached hydrogens (tertiary/aromatic N) is 3. The minimum absolute atomic E-state index is 0.264. The van der Waals surface area contributed by atoms with Gasteiger partial charge in [0.1, 0.15) is 11.6 Å². The third kappa shape index (κ3) is 5.26. The Kier molecular flexibility index (Phi) is 6.69. The van der Waals surface area contributed by atoms with Crippen LogP contribution in [0.5, 0.6) is 17.2 Å². The molecule has 10 heteroatoms. The van der Waals surface area contributed by atoms with Crippen LogP contribution < -0.4 is 24.8 Å². The Morgan fingerprint density at radius 2 is 1.68 bits per heavy atom. The summed E-state index contributed by atoms with van der Waals surface area (Å²) in [4.78, 5) is 11.1. The summed E-state index contributed by atoms with van der Waals surface area (Å²) < 4.78 is 39.4. The molecule has 0 atom stereocenters. The summed E-state index contributed by atoms with van der Waals surface area (Å²) in [5.74, 6) is 2.59. The van der Waals surface area contributed by atoms with Crippen molar-refractivity contribution in [1.82, 2.24) is 9.97 Å². The standard InChI is InChI=1S/C21H26N4O5S/c1-25(10-5-11-30-14-6-8-15(9-7-14)31(4,26)27)21-23-17-13-19(29-3)18(28-2)12-16(17)20(22)24-21/h6-9,12-13H,5,10-11H2,1-4H3,(H2,22,23,24). The number of hydrogen-bond donors (Lipinski definition) is 1. The zero-order valence-electron chi connectivity index (χ0n) is 18.0. The molecule has 0 spiro atoms. The highest BCUT2D eigenvalue weighted by molar-refractivity contribution is 7.90. The van der Waals surface area contributed by atoms with Crippen LogP contribution in [0, 0.1) is 0 Å². The van der Waals surface area contributed by atoms with Gasteiger partial charge in [-0.15, -0.1) is 0 Å². The maximum atomic E-state index is 11.5. The number of anilines is 2. The minimum Gasteiger partial charge on any atom is -0.494 e. The normalized spacial score (nSPS) is 11.4. The molecule has 0 aliphatic carbocycles. The lowest BCUT2D eigenvalue weighted by Crippen LogP contribution is -2.23. The van der Waals surface area contributed by atoms with Gasteiger partial charge in [0.25, 0.3) is 0 Å². The van der Waals surface area contributed by atoms with Gasteiger partial charge < -0.3 is 24.8 Å². The molecular formula is C21H26N4O5S. The van der Waals surface area contributed by atoms with Gasteiger partial charge in [0, 0.05) is 31.3 Å². The third-order valence-corrected chi connectivity index (χ3v) is 5.85. The Balaban J connectivity index is 1.63. The summed E-state index contributed by atoms with van der Waals surface area (Å²) in [5.41, 5.74) is 6.80. The van der Waals surface area contributed by atoms with Crippen molar-refractivity contribution in [2.24, 2.45) is 0 Å². The summed E-state index contributed by atoms with van der Waals surface area (Å²) in [6, 6.07) is 9.89. The van der Waals surface area contributed by atoms with Crippen LogP contribution in [0.2, 0.25) is 0 Å². The van der Waals surface area contributed by atoms with E-state index in [1.807, 2.05) is 11.9 Å². The number of methoxy groups -OCH3 is 2. The highest BCUT2D eigenvalue weighted by Crippen LogP contribution is 2.34. The van der Waals surface area contributed by atoms with Crippen LogP contribution in [0.25, 0.3) is 10.9 Å². The smallest absolute Gasteiger partial charge is 0.227 e. The first-order valence-electron chi connectivity index (χ1n) is 9.56. The highest BCUT2D eigenvalue weighted by atomic mass is 32.2. The first-order chi connectivity index (χ1) is 14.7. The Morgan fingerprint density at radius 1 is 1.03 bits per heavy atom. The van der Waals surface area contributed by atoms with E-state index in [0.29, 0.717) is 59.5 Å². The number of rotatable bonds is 9. The van der Waals surface area contributed by atoms with Crippen molar-refractivity contribution >= 4 is 32.5 Å². The van der Waals surface area contributed by atoms with E-state index >= 15 is 0 Å². The number of nitrogen functional groups attached to an aromatic ring is 1. The molecule has 0 aliphatic heterocycles. The van der Waals surface area contributed by atoms with Crippen LogP contribution in [-0.4, -0.2) is 59.1 Å². The fourth-order valence-corrected chi connectivity index (χ4v) is 3.64. The topological polar surface area (TPSA) is 117 Å². The van der Waals surface area contributed by atoms with Crippen LogP contribution >= 0.6 is 0 Å². The molecule has 0 unspecified atom stereocenters. The molecule has 0 aliphatic rings. The predicted molar refractivity (Wildman–Crippen MR) is 120 cm³/mol. The molecule has 0 saturated carbocycles. The molecule has 31 heavy (non-hydrogen) atoms. The Hall–Kier alpha value is -3.27. The van der Waals surface area contributed by atoms with Crippen molar-refractivity contribution < 1.29 is 22.6 Å². The average Bonchev–Trinajstić information content (AvgIpc) is 2.75. The van der Waals surface area contributed by atoms with Crippen molar-refractivity contribution in [2.75, 3.05) is 51.3 Å². The molecular weight excluding hydrogens is 420 g/mol. The zero-order valence-corrected chi connectivity index (χ0v) is 18.8. The first kappa shape index (κ1) is 22.4. The van der Waals surface area contributed by atoms with E-state index in [-0.39, 0.29) is 4.90 Å². The largest absolute Gasteiger partial charge is 0.494 e. The lowest BCUT2D eigenvalue weighted by molar-refractivity contribution is 0.312. The number of benzene rings is 2. The van der Waals surface area contributed by atoms with E-state index in [0.717, 1.165) is 0 Å². The van der Waals surface area contributed by atoms with Crippen LogP contribution in [0.1, 0.15) is 6.42 Å². The molecule has 1 aromatic heterocycles. The molecule has 0 saturated heterocycles. The van der Waals surface area contributed by atoms with Crippen LogP contribution in [-0.2, 0) is 9.84 Å². The van der Waals surface area contributed by atoms with Gasteiger partial charge in [-0.1, -0.05) is 0 Å². The number of hydrogen-bond acceptors (Lipinski definition) is 9. The molecule has 1 heterocycles. The van der Waals surface area contributed by atoms with Gasteiger partial charge in [0.2, 0.25) is 5.95 Å². The molecule has 3 rings (SSSR count). The van der Waals surface area contributed by atoms with E-state index in [4.69, 9.17) is 19.9 Å². The van der Waals surface area contributed by atoms with Crippen molar-refractivity contribution in [3.8, 4) is 17.2 Å². The molecule has 0 amide bonds. The lowest BCUT2D eigenvalue weighted by Gasteiger charge is -2.18. The summed E-state index contributed by atoms with van der Waals surface area (Å²) in [6.07, 6.45) is 1.88. The van der Waals surface area contributed by atoms with Crippen molar-refractivity contribution in [3.05, 3.63) is 36.4 Å². The SMILES string of the molecule is COc1cc2nc(N(C)CCCOc3ccc(S(C)(=O)=O)cc3)nc(N)c2cc1OC. The molecule has 0 fully saturated rings. The van der Waals surface area contributed by atoms with Gasteiger partial charge in [-0.2, -0.15) is 4.98 Å². The summed E-state index contributed by atoms with van der Waals surface area (Å²) in [5, 5.41) is 0.690. The monoisotopic (exact) mass is 446 g/mol. The predicted octanol–water partition coefficient (Wildman–Crippen LogP) is 2.54. The summed E-state index contributed by atoms with van der Waals surface area (Å²) >= 11 is 0. The number of fused-ring (bicyclic) bond motifs is 1. The Labute approximate surface area is 181 Å². The van der Waals surface area contributed by atoms with Crippen molar-refractivity contribution in [3.63, 3.8) is 0 Å². The number of sulfone groups is 1. The van der Waals surface area contributed by atoms with Gasteiger partial charge in [0.15, 0.2) is 21.3 Å². The van der Waals surface area contributed by atoms with Gasteiger partial charge in [-0.05, 0) is 36.8 Å². The van der Waals surface area contributed by atoms with Crippen LogP contribution in [0.4, 0.5) is 11.8 Å². The number of ether oxygens (including phenoxy) is 3. The maximum absolute atomic E-state index is 11.5. The molecule has 2 N–H and O–H groups in total. The molecule has 0 radical (unpaired) electrons. The van der Waals surface area contributed by atoms with Crippen molar-refractivity contribution in [1.29, 1.82) is 0 Å². The fraction of sp³-hybridized carbons (Fsp3) is 0.333. The quantitative estimate of drug-likeness (QED) is 0.495. The minimum atomic E-state index is -3.22. The average molecular weight is 447 g/mol. The Morgan fingerprint density at radius 3 is 2.29 bits per heavy atom. The second kappa shape index (κ2) is 9.25. The van der Waals surface area contributed by atoms with Gasteiger partial charge >= 0.3 is 0 Å². The van der Waals surface area contributed by atoms with E-state index in [1.165, 1.54) is 18.4 Å². The van der Waals surface area contributed by atoms with E-state index in [1.54, 1.807) is 38.5 Å². The molecule has 2 aromatic carbocycles. The van der Waals surface area contributed by atoms with Gasteiger partial charge in [0.05, 0.1) is 31.2 Å². The molecule has 166 valence electrons. The summed E-state index contributed by atoms with van der Waals surface area (Å²) in [7, 11) is 1.79. The van der Waals surface area contributed by atoms with E-state index in [9.17, 15) is 8.42 Å².